The van der Waals surface area contributed by atoms with Gasteiger partial charge in [-0.25, -0.2) is 21.9 Å². The summed E-state index contributed by atoms with van der Waals surface area (Å²) in [5.74, 6) is -2.20. The number of sulfonamides is 1. The van der Waals surface area contributed by atoms with Gasteiger partial charge in [0, 0.05) is 22.7 Å². The third-order valence-corrected chi connectivity index (χ3v) is 7.36. The lowest BCUT2D eigenvalue weighted by Crippen LogP contribution is -2.54. The van der Waals surface area contributed by atoms with Gasteiger partial charge in [-0.15, -0.1) is 0 Å². The van der Waals surface area contributed by atoms with Crippen molar-refractivity contribution in [3.8, 4) is 0 Å². The molecule has 0 aromatic heterocycles. The number of aryl methyl sites for hydroxylation is 1. The molecule has 0 radical (unpaired) electrons. The van der Waals surface area contributed by atoms with E-state index >= 15 is 0 Å². The molecule has 3 aromatic rings. The van der Waals surface area contributed by atoms with E-state index in [0.29, 0.717) is 13.0 Å². The Morgan fingerprint density at radius 1 is 0.949 bits per heavy atom. The lowest BCUT2D eigenvalue weighted by Gasteiger charge is -2.27. The summed E-state index contributed by atoms with van der Waals surface area (Å²) in [5, 5.41) is 16.9. The van der Waals surface area contributed by atoms with Crippen LogP contribution in [-0.4, -0.2) is 50.4 Å². The molecule has 0 aliphatic rings. The van der Waals surface area contributed by atoms with Gasteiger partial charge in [-0.3, -0.25) is 4.79 Å². The standard InChI is InChI=1S/C28H32F2IN3O4S/c1-39(37,38)34-25(11-10-19-6-3-2-4-7-19)28(36)33-26(15-21-12-22(29)16-23(30)13-21)27(35)18-32-17-20-8-5-9-24(31)14-20/h2-9,12-14,16,25-27,32,34-35H,10-11,15,17-18H2,1H3,(H,33,36)/t25?,26-,27+/m0/s1. The van der Waals surface area contributed by atoms with Crippen LogP contribution in [-0.2, 0) is 34.2 Å². The first-order valence-electron chi connectivity index (χ1n) is 12.4. The fraction of sp³-hybridized carbons (Fsp3) is 0.321. The molecule has 0 heterocycles. The van der Waals surface area contributed by atoms with Gasteiger partial charge in [0.1, 0.15) is 17.7 Å². The summed E-state index contributed by atoms with van der Waals surface area (Å²) in [5.41, 5.74) is 2.17. The summed E-state index contributed by atoms with van der Waals surface area (Å²) in [7, 11) is -3.73. The van der Waals surface area contributed by atoms with Crippen LogP contribution in [0, 0.1) is 15.2 Å². The molecule has 4 N–H and O–H groups in total. The number of aliphatic hydroxyl groups excluding tert-OH is 1. The molecular formula is C28H32F2IN3O4S. The number of carbonyl (C=O) groups is 1. The molecule has 0 spiro atoms. The van der Waals surface area contributed by atoms with Gasteiger partial charge in [-0.05, 0) is 82.8 Å². The molecule has 1 amide bonds. The van der Waals surface area contributed by atoms with Crippen molar-refractivity contribution in [2.45, 2.75) is 44.0 Å². The fourth-order valence-electron chi connectivity index (χ4n) is 4.16. The second-order valence-corrected chi connectivity index (χ2v) is 12.4. The van der Waals surface area contributed by atoms with E-state index in [-0.39, 0.29) is 24.9 Å². The van der Waals surface area contributed by atoms with E-state index < -0.39 is 45.8 Å². The van der Waals surface area contributed by atoms with E-state index in [4.69, 9.17) is 0 Å². The first kappa shape index (κ1) is 31.1. The highest BCUT2D eigenvalue weighted by Crippen LogP contribution is 2.14. The third-order valence-electron chi connectivity index (χ3n) is 5.98. The quantitative estimate of drug-likeness (QED) is 0.197. The first-order valence-corrected chi connectivity index (χ1v) is 15.4. The van der Waals surface area contributed by atoms with Crippen LogP contribution in [0.15, 0.2) is 72.8 Å². The Morgan fingerprint density at radius 3 is 2.26 bits per heavy atom. The van der Waals surface area contributed by atoms with E-state index in [9.17, 15) is 27.1 Å². The van der Waals surface area contributed by atoms with Gasteiger partial charge in [-0.1, -0.05) is 42.5 Å². The Bertz CT molecular complexity index is 1330. The predicted molar refractivity (Wildman–Crippen MR) is 155 cm³/mol. The van der Waals surface area contributed by atoms with Crippen LogP contribution < -0.4 is 15.4 Å². The first-order chi connectivity index (χ1) is 18.5. The van der Waals surface area contributed by atoms with E-state index in [1.54, 1.807) is 0 Å². The van der Waals surface area contributed by atoms with Crippen molar-refractivity contribution in [3.05, 3.63) is 105 Å². The normalized spacial score (nSPS) is 14.0. The maximum atomic E-state index is 13.9. The Balaban J connectivity index is 1.75. The van der Waals surface area contributed by atoms with E-state index in [0.717, 1.165) is 39.2 Å². The van der Waals surface area contributed by atoms with Crippen molar-refractivity contribution < 1.29 is 27.1 Å². The number of benzene rings is 3. The number of halogens is 3. The summed E-state index contributed by atoms with van der Waals surface area (Å²) in [6, 6.07) is 18.1. The van der Waals surface area contributed by atoms with Crippen molar-refractivity contribution in [1.29, 1.82) is 0 Å². The zero-order valence-electron chi connectivity index (χ0n) is 21.4. The average molecular weight is 672 g/mol. The number of nitrogens with one attached hydrogen (secondary N) is 3. The molecule has 39 heavy (non-hydrogen) atoms. The van der Waals surface area contributed by atoms with Crippen LogP contribution in [0.1, 0.15) is 23.1 Å². The Kier molecular flexibility index (Phi) is 11.8. The molecule has 0 aliphatic heterocycles. The van der Waals surface area contributed by atoms with Crippen LogP contribution in [0.5, 0.6) is 0 Å². The maximum Gasteiger partial charge on any atom is 0.238 e. The number of amides is 1. The number of carbonyl (C=O) groups excluding carboxylic acids is 1. The average Bonchev–Trinajstić information content (AvgIpc) is 2.85. The minimum absolute atomic E-state index is 0.0718. The molecular weight excluding hydrogens is 639 g/mol. The molecule has 0 aliphatic carbocycles. The van der Waals surface area contributed by atoms with Gasteiger partial charge in [0.15, 0.2) is 0 Å². The highest BCUT2D eigenvalue weighted by molar-refractivity contribution is 14.1. The van der Waals surface area contributed by atoms with Gasteiger partial charge in [0.2, 0.25) is 15.9 Å². The highest BCUT2D eigenvalue weighted by atomic mass is 127. The molecule has 0 bridgehead atoms. The molecule has 11 heteroatoms. The highest BCUT2D eigenvalue weighted by Gasteiger charge is 2.28. The summed E-state index contributed by atoms with van der Waals surface area (Å²) >= 11 is 2.20. The largest absolute Gasteiger partial charge is 0.390 e. The maximum absolute atomic E-state index is 13.9. The molecule has 3 atom stereocenters. The molecule has 3 rings (SSSR count). The molecule has 0 fully saturated rings. The second kappa shape index (κ2) is 14.8. The van der Waals surface area contributed by atoms with Crippen LogP contribution >= 0.6 is 22.6 Å². The molecule has 0 saturated carbocycles. The van der Waals surface area contributed by atoms with E-state index in [1.165, 1.54) is 0 Å². The van der Waals surface area contributed by atoms with Crippen molar-refractivity contribution in [3.63, 3.8) is 0 Å². The van der Waals surface area contributed by atoms with Crippen molar-refractivity contribution in [1.82, 2.24) is 15.4 Å². The van der Waals surface area contributed by atoms with Gasteiger partial charge >= 0.3 is 0 Å². The number of hydrogen-bond acceptors (Lipinski definition) is 5. The van der Waals surface area contributed by atoms with Crippen LogP contribution in [0.2, 0.25) is 0 Å². The Hall–Kier alpha value is -2.45. The molecule has 0 saturated heterocycles. The van der Waals surface area contributed by atoms with Crippen LogP contribution in [0.4, 0.5) is 8.78 Å². The number of aliphatic hydroxyl groups is 1. The Morgan fingerprint density at radius 2 is 1.62 bits per heavy atom. The summed E-state index contributed by atoms with van der Waals surface area (Å²) in [4.78, 5) is 13.3. The zero-order valence-corrected chi connectivity index (χ0v) is 24.4. The van der Waals surface area contributed by atoms with Crippen LogP contribution in [0.3, 0.4) is 0 Å². The van der Waals surface area contributed by atoms with E-state index in [1.807, 2.05) is 54.6 Å². The van der Waals surface area contributed by atoms with Gasteiger partial charge in [-0.2, -0.15) is 0 Å². The minimum atomic E-state index is -3.73. The van der Waals surface area contributed by atoms with Gasteiger partial charge in [0.25, 0.3) is 0 Å². The lowest BCUT2D eigenvalue weighted by atomic mass is 9.99. The predicted octanol–water partition coefficient (Wildman–Crippen LogP) is 3.30. The molecule has 3 aromatic carbocycles. The topological polar surface area (TPSA) is 108 Å². The smallest absolute Gasteiger partial charge is 0.238 e. The minimum Gasteiger partial charge on any atom is -0.390 e. The Labute approximate surface area is 241 Å². The number of hydrogen-bond donors (Lipinski definition) is 4. The number of rotatable bonds is 14. The SMILES string of the molecule is CS(=O)(=O)NC(CCc1ccccc1)C(=O)N[C@@H](Cc1cc(F)cc(F)c1)[C@H](O)CNCc1cccc(I)c1. The summed E-state index contributed by atoms with van der Waals surface area (Å²) < 4.78 is 55.2. The van der Waals surface area contributed by atoms with E-state index in [2.05, 4.69) is 37.9 Å². The van der Waals surface area contributed by atoms with Crippen molar-refractivity contribution in [2.24, 2.45) is 0 Å². The zero-order chi connectivity index (χ0) is 28.4. The monoisotopic (exact) mass is 671 g/mol. The molecule has 7 nitrogen and oxygen atoms in total. The van der Waals surface area contributed by atoms with Gasteiger partial charge in [0.05, 0.1) is 18.4 Å². The second-order valence-electron chi connectivity index (χ2n) is 9.39. The fourth-order valence-corrected chi connectivity index (χ4v) is 5.51. The van der Waals surface area contributed by atoms with Crippen molar-refractivity contribution in [2.75, 3.05) is 12.8 Å². The summed E-state index contributed by atoms with van der Waals surface area (Å²) in [6.07, 6.45) is 0.353. The van der Waals surface area contributed by atoms with Gasteiger partial charge < -0.3 is 15.7 Å². The summed E-state index contributed by atoms with van der Waals surface area (Å²) in [6.45, 7) is 0.529. The van der Waals surface area contributed by atoms with Crippen molar-refractivity contribution >= 4 is 38.5 Å². The third kappa shape index (κ3) is 11.3. The molecule has 1 unspecified atom stereocenters. The molecule has 210 valence electrons. The lowest BCUT2D eigenvalue weighted by molar-refractivity contribution is -0.124. The van der Waals surface area contributed by atoms with Crippen LogP contribution in [0.25, 0.3) is 0 Å².